The average molecular weight is 574 g/mol. The summed E-state index contributed by atoms with van der Waals surface area (Å²) in [6.07, 6.45) is 6.31. The minimum atomic E-state index is -1.55. The Bertz CT molecular complexity index is 1770. The molecule has 4 heterocycles. The van der Waals surface area contributed by atoms with Crippen LogP contribution in [0.2, 0.25) is 0 Å². The maximum Gasteiger partial charge on any atom is 0.256 e. The number of aryl methyl sites for hydroxylation is 1. The lowest BCUT2D eigenvalue weighted by atomic mass is 9.97. The zero-order valence-electron chi connectivity index (χ0n) is 23.4. The van der Waals surface area contributed by atoms with Gasteiger partial charge in [0.1, 0.15) is 12.4 Å². The largest absolute Gasteiger partial charge is 0.456 e. The van der Waals surface area contributed by atoms with Gasteiger partial charge in [-0.1, -0.05) is 12.1 Å². The summed E-state index contributed by atoms with van der Waals surface area (Å²) in [6.45, 7) is 0.841. The molecule has 2 aromatic carbocycles. The predicted molar refractivity (Wildman–Crippen MR) is 156 cm³/mol. The van der Waals surface area contributed by atoms with Gasteiger partial charge in [0, 0.05) is 50.0 Å². The number of alkyl halides is 2. The second kappa shape index (κ2) is 10.5. The monoisotopic (exact) mass is 573 g/mol. The smallest absolute Gasteiger partial charge is 0.256 e. The standard InChI is InChI=1S/C31H33F2N7O2/c1-37-25-11-20-7-9-39(16-22(34)14-32)31(41)23(20)13-24(25)36-30(37)26-12-21-3-2-4-27(29(21)40(26)15-19-5-6-19)42-28(33)17-38-10-8-35-18-38/h2-4,8,10-13,18-19,22,28H,5-7,9,14-17,34H2,1H3/t22-,28-/m1/s1. The third-order valence-electron chi connectivity index (χ3n) is 8.35. The van der Waals surface area contributed by atoms with Crippen molar-refractivity contribution in [1.29, 1.82) is 0 Å². The Morgan fingerprint density at radius 3 is 2.81 bits per heavy atom. The maximum atomic E-state index is 15.1. The van der Waals surface area contributed by atoms with E-state index in [1.807, 2.05) is 37.4 Å². The van der Waals surface area contributed by atoms with Crippen LogP contribution in [-0.4, -0.2) is 66.6 Å². The summed E-state index contributed by atoms with van der Waals surface area (Å²) in [7, 11) is 1.98. The van der Waals surface area contributed by atoms with Gasteiger partial charge in [-0.3, -0.25) is 4.79 Å². The van der Waals surface area contributed by atoms with E-state index in [2.05, 4.69) is 20.2 Å². The molecule has 1 fully saturated rings. The minimum Gasteiger partial charge on any atom is -0.456 e. The molecule has 1 saturated carbocycles. The van der Waals surface area contributed by atoms with Crippen LogP contribution in [0, 0.1) is 5.92 Å². The van der Waals surface area contributed by atoms with E-state index in [1.54, 1.807) is 28.2 Å². The molecule has 0 radical (unpaired) electrons. The lowest BCUT2D eigenvalue weighted by molar-refractivity contribution is 0.0523. The van der Waals surface area contributed by atoms with E-state index in [1.165, 1.54) is 0 Å². The molecule has 9 nitrogen and oxygen atoms in total. The molecule has 0 saturated heterocycles. The van der Waals surface area contributed by atoms with Crippen molar-refractivity contribution in [3.8, 4) is 17.3 Å². The highest BCUT2D eigenvalue weighted by atomic mass is 19.1. The van der Waals surface area contributed by atoms with Crippen molar-refractivity contribution in [2.75, 3.05) is 19.8 Å². The van der Waals surface area contributed by atoms with Crippen LogP contribution < -0.4 is 10.5 Å². The van der Waals surface area contributed by atoms with Crippen LogP contribution >= 0.6 is 0 Å². The summed E-state index contributed by atoms with van der Waals surface area (Å²) in [5.41, 5.74) is 10.7. The van der Waals surface area contributed by atoms with Crippen molar-refractivity contribution in [2.45, 2.75) is 44.8 Å². The number of rotatable bonds is 10. The van der Waals surface area contributed by atoms with Gasteiger partial charge in [0.05, 0.1) is 41.2 Å². The van der Waals surface area contributed by atoms with Crippen molar-refractivity contribution in [1.82, 2.24) is 28.6 Å². The first-order valence-corrected chi connectivity index (χ1v) is 14.4. The van der Waals surface area contributed by atoms with Crippen LogP contribution in [-0.2, 0) is 26.6 Å². The number of amides is 1. The van der Waals surface area contributed by atoms with Gasteiger partial charge in [0.15, 0.2) is 5.82 Å². The molecule has 218 valence electrons. The van der Waals surface area contributed by atoms with E-state index >= 15 is 4.39 Å². The van der Waals surface area contributed by atoms with Gasteiger partial charge in [0.25, 0.3) is 12.3 Å². The van der Waals surface area contributed by atoms with Crippen molar-refractivity contribution in [2.24, 2.45) is 18.7 Å². The van der Waals surface area contributed by atoms with Gasteiger partial charge in [-0.05, 0) is 55.0 Å². The van der Waals surface area contributed by atoms with E-state index in [9.17, 15) is 9.18 Å². The number of benzene rings is 2. The first kappa shape index (κ1) is 26.6. The Balaban J connectivity index is 1.28. The third kappa shape index (κ3) is 4.81. The van der Waals surface area contributed by atoms with Gasteiger partial charge < -0.3 is 29.1 Å². The molecule has 0 spiro atoms. The average Bonchev–Trinajstić information content (AvgIpc) is 3.36. The van der Waals surface area contributed by atoms with Crippen LogP contribution in [0.25, 0.3) is 33.5 Å². The van der Waals surface area contributed by atoms with E-state index in [-0.39, 0.29) is 19.0 Å². The summed E-state index contributed by atoms with van der Waals surface area (Å²) in [5.74, 6) is 1.64. The predicted octanol–water partition coefficient (Wildman–Crippen LogP) is 4.47. The van der Waals surface area contributed by atoms with Gasteiger partial charge in [-0.15, -0.1) is 0 Å². The molecule has 2 atom stereocenters. The van der Waals surface area contributed by atoms with Crippen molar-refractivity contribution in [3.05, 3.63) is 66.2 Å². The fourth-order valence-corrected chi connectivity index (χ4v) is 6.00. The van der Waals surface area contributed by atoms with Gasteiger partial charge in [0.2, 0.25) is 0 Å². The number of carbonyl (C=O) groups is 1. The normalized spacial score (nSPS) is 16.8. The second-order valence-corrected chi connectivity index (χ2v) is 11.5. The molecule has 0 bridgehead atoms. The molecule has 1 aliphatic carbocycles. The Kier molecular flexibility index (Phi) is 6.69. The van der Waals surface area contributed by atoms with Crippen molar-refractivity contribution >= 4 is 27.8 Å². The highest BCUT2D eigenvalue weighted by molar-refractivity contribution is 6.01. The SMILES string of the molecule is Cn1c(-c2cc3cccc(O[C@@H](F)Cn4ccnc4)c3n2CC2CC2)nc2cc3c(cc21)CCN(C[C@H](N)CF)C3=O. The number of nitrogens with zero attached hydrogens (tertiary/aromatic N) is 6. The topological polar surface area (TPSA) is 96.1 Å². The van der Waals surface area contributed by atoms with E-state index < -0.39 is 19.1 Å². The number of ether oxygens (including phenoxy) is 1. The van der Waals surface area contributed by atoms with E-state index in [4.69, 9.17) is 15.5 Å². The summed E-state index contributed by atoms with van der Waals surface area (Å²) >= 11 is 0. The Labute approximate surface area is 241 Å². The van der Waals surface area contributed by atoms with Crippen LogP contribution in [0.3, 0.4) is 0 Å². The first-order valence-electron chi connectivity index (χ1n) is 14.4. The molecule has 11 heteroatoms. The summed E-state index contributed by atoms with van der Waals surface area (Å²) in [4.78, 5) is 23.9. The number of hydrogen-bond donors (Lipinski definition) is 1. The number of fused-ring (bicyclic) bond motifs is 3. The molecular formula is C31H33F2N7O2. The fraction of sp³-hybridized carbons (Fsp3) is 0.387. The summed E-state index contributed by atoms with van der Waals surface area (Å²) < 4.78 is 39.9. The number of carbonyl (C=O) groups excluding carboxylic acids is 1. The molecule has 1 aliphatic heterocycles. The number of halogens is 2. The lowest BCUT2D eigenvalue weighted by Crippen LogP contribution is -2.45. The number of nitrogens with two attached hydrogens (primary N) is 1. The number of hydrogen-bond acceptors (Lipinski definition) is 5. The van der Waals surface area contributed by atoms with Gasteiger partial charge in [-0.25, -0.2) is 14.4 Å². The van der Waals surface area contributed by atoms with Crippen LogP contribution in [0.4, 0.5) is 8.78 Å². The zero-order chi connectivity index (χ0) is 29.0. The summed E-state index contributed by atoms with van der Waals surface area (Å²) in [6, 6.07) is 11.0. The summed E-state index contributed by atoms with van der Waals surface area (Å²) in [5, 5.41) is 0.944. The zero-order valence-corrected chi connectivity index (χ0v) is 23.4. The Hall–Kier alpha value is -4.25. The molecular weight excluding hydrogens is 540 g/mol. The molecule has 0 unspecified atom stereocenters. The quantitative estimate of drug-likeness (QED) is 0.266. The molecule has 7 rings (SSSR count). The molecule has 2 N–H and O–H groups in total. The van der Waals surface area contributed by atoms with Crippen molar-refractivity contribution < 1.29 is 18.3 Å². The van der Waals surface area contributed by atoms with E-state index in [0.717, 1.165) is 52.9 Å². The number of aromatic nitrogens is 5. The highest BCUT2D eigenvalue weighted by Crippen LogP contribution is 2.40. The molecule has 1 amide bonds. The lowest BCUT2D eigenvalue weighted by Gasteiger charge is -2.30. The third-order valence-corrected chi connectivity index (χ3v) is 8.35. The van der Waals surface area contributed by atoms with Crippen LogP contribution in [0.5, 0.6) is 5.75 Å². The fourth-order valence-electron chi connectivity index (χ4n) is 6.00. The van der Waals surface area contributed by atoms with Crippen molar-refractivity contribution in [3.63, 3.8) is 0 Å². The second-order valence-electron chi connectivity index (χ2n) is 11.5. The molecule has 42 heavy (non-hydrogen) atoms. The Morgan fingerprint density at radius 1 is 1.19 bits per heavy atom. The minimum absolute atomic E-state index is 0.0395. The number of para-hydroxylation sites is 1. The highest BCUT2D eigenvalue weighted by Gasteiger charge is 2.29. The first-order chi connectivity index (χ1) is 20.4. The Morgan fingerprint density at radius 2 is 2.05 bits per heavy atom. The maximum absolute atomic E-state index is 15.1. The number of imidazole rings is 2. The van der Waals surface area contributed by atoms with Gasteiger partial charge >= 0.3 is 0 Å². The molecule has 5 aromatic rings. The van der Waals surface area contributed by atoms with E-state index in [0.29, 0.717) is 35.7 Å². The molecule has 2 aliphatic rings. The molecule has 3 aromatic heterocycles. The van der Waals surface area contributed by atoms with Crippen LogP contribution in [0.1, 0.15) is 28.8 Å². The van der Waals surface area contributed by atoms with Gasteiger partial charge in [-0.2, -0.15) is 4.39 Å². The van der Waals surface area contributed by atoms with Crippen LogP contribution in [0.15, 0.2) is 55.1 Å².